The largest absolute Gasteiger partial charge is 0.380 e. The Kier molecular flexibility index (Phi) is 3.32. The van der Waals surface area contributed by atoms with Crippen LogP contribution in [0.25, 0.3) is 10.8 Å². The van der Waals surface area contributed by atoms with E-state index in [1.165, 1.54) is 5.56 Å². The van der Waals surface area contributed by atoms with Crippen molar-refractivity contribution < 1.29 is 9.53 Å². The number of nitrogens with zero attached hydrogens (tertiary/aromatic N) is 1. The molecule has 4 heteroatoms. The second-order valence-corrected chi connectivity index (χ2v) is 5.18. The summed E-state index contributed by atoms with van der Waals surface area (Å²) in [6.45, 7) is 3.15. The molecule has 1 N–H and O–H groups in total. The first kappa shape index (κ1) is 12.9. The van der Waals surface area contributed by atoms with E-state index in [1.807, 2.05) is 25.1 Å². The molecule has 4 nitrogen and oxygen atoms in total. The van der Waals surface area contributed by atoms with Gasteiger partial charge in [0.15, 0.2) is 0 Å². The highest BCUT2D eigenvalue weighted by atomic mass is 16.5. The number of nitrogens with one attached hydrogen (secondary N) is 1. The molecule has 1 heterocycles. The number of ether oxygens (including phenoxy) is 1. The van der Waals surface area contributed by atoms with Crippen molar-refractivity contribution in [2.45, 2.75) is 19.6 Å². The first-order chi connectivity index (χ1) is 9.69. The van der Waals surface area contributed by atoms with Crippen LogP contribution in [0.3, 0.4) is 0 Å². The van der Waals surface area contributed by atoms with Gasteiger partial charge in [-0.3, -0.25) is 0 Å². The van der Waals surface area contributed by atoms with Gasteiger partial charge in [-0.25, -0.2) is 4.79 Å². The lowest BCUT2D eigenvalue weighted by molar-refractivity contribution is 0.0865. The summed E-state index contributed by atoms with van der Waals surface area (Å²) >= 11 is 0. The number of amides is 2. The van der Waals surface area contributed by atoms with Gasteiger partial charge in [0.25, 0.3) is 0 Å². The molecule has 2 aromatic carbocycles. The van der Waals surface area contributed by atoms with Gasteiger partial charge in [0.2, 0.25) is 0 Å². The van der Waals surface area contributed by atoms with Crippen molar-refractivity contribution in [1.29, 1.82) is 0 Å². The minimum Gasteiger partial charge on any atom is -0.380 e. The van der Waals surface area contributed by atoms with Crippen LogP contribution in [0.2, 0.25) is 0 Å². The highest BCUT2D eigenvalue weighted by Crippen LogP contribution is 2.30. The van der Waals surface area contributed by atoms with E-state index in [0.29, 0.717) is 13.1 Å². The molecule has 20 heavy (non-hydrogen) atoms. The molecule has 104 valence electrons. The molecular weight excluding hydrogens is 252 g/mol. The Balaban J connectivity index is 2.03. The average molecular weight is 270 g/mol. The molecule has 0 fully saturated rings. The third-order valence-electron chi connectivity index (χ3n) is 3.76. The van der Waals surface area contributed by atoms with E-state index in [1.54, 1.807) is 12.0 Å². The van der Waals surface area contributed by atoms with Crippen LogP contribution < -0.4 is 5.32 Å². The number of rotatable bonds is 3. The lowest BCUT2D eigenvalue weighted by Crippen LogP contribution is -2.38. The second-order valence-electron chi connectivity index (χ2n) is 5.18. The first-order valence-electron chi connectivity index (χ1n) is 6.78. The maximum Gasteiger partial charge on any atom is 0.322 e. The zero-order valence-electron chi connectivity index (χ0n) is 11.7. The van der Waals surface area contributed by atoms with Crippen LogP contribution in [0.4, 0.5) is 10.5 Å². The standard InChI is InChI=1S/C16H18N2O2/c1-11(20-2)9-18-10-13-7-3-5-12-6-4-8-14(15(12)13)17-16(18)19/h3-8,11H,9-10H2,1-2H3,(H,17,19). The van der Waals surface area contributed by atoms with E-state index in [4.69, 9.17) is 4.74 Å². The number of carbonyl (C=O) groups excluding carboxylic acids is 1. The van der Waals surface area contributed by atoms with Crippen LogP contribution in [0.5, 0.6) is 0 Å². The molecular formula is C16H18N2O2. The summed E-state index contributed by atoms with van der Waals surface area (Å²) in [6, 6.07) is 12.1. The Labute approximate surface area is 118 Å². The van der Waals surface area contributed by atoms with Crippen molar-refractivity contribution >= 4 is 22.5 Å². The normalized spacial score (nSPS) is 15.9. The summed E-state index contributed by atoms with van der Waals surface area (Å²) in [6.07, 6.45) is 0.0150. The van der Waals surface area contributed by atoms with Crippen LogP contribution in [-0.2, 0) is 11.3 Å². The molecule has 1 aliphatic heterocycles. The van der Waals surface area contributed by atoms with Crippen LogP contribution >= 0.6 is 0 Å². The van der Waals surface area contributed by atoms with Gasteiger partial charge in [-0.1, -0.05) is 30.3 Å². The summed E-state index contributed by atoms with van der Waals surface area (Å²) in [7, 11) is 1.66. The Hall–Kier alpha value is -2.07. The smallest absolute Gasteiger partial charge is 0.322 e. The van der Waals surface area contributed by atoms with Crippen LogP contribution in [0.1, 0.15) is 12.5 Å². The number of anilines is 1. The van der Waals surface area contributed by atoms with Crippen molar-refractivity contribution in [3.05, 3.63) is 42.0 Å². The Bertz CT molecular complexity index is 649. The quantitative estimate of drug-likeness (QED) is 0.930. The van der Waals surface area contributed by atoms with E-state index < -0.39 is 0 Å². The fraction of sp³-hybridized carbons (Fsp3) is 0.312. The number of urea groups is 1. The number of hydrogen-bond acceptors (Lipinski definition) is 2. The molecule has 3 rings (SSSR count). The monoisotopic (exact) mass is 270 g/mol. The predicted molar refractivity (Wildman–Crippen MR) is 79.8 cm³/mol. The molecule has 0 saturated carbocycles. The van der Waals surface area contributed by atoms with Crippen LogP contribution in [0, 0.1) is 0 Å². The lowest BCUT2D eigenvalue weighted by atomic mass is 10.0. The van der Waals surface area contributed by atoms with Crippen molar-refractivity contribution in [2.75, 3.05) is 19.0 Å². The van der Waals surface area contributed by atoms with Gasteiger partial charge in [-0.05, 0) is 23.9 Å². The Morgan fingerprint density at radius 1 is 1.30 bits per heavy atom. The van der Waals surface area contributed by atoms with Gasteiger partial charge in [0.1, 0.15) is 0 Å². The molecule has 0 aliphatic carbocycles. The van der Waals surface area contributed by atoms with E-state index in [0.717, 1.165) is 16.5 Å². The van der Waals surface area contributed by atoms with Crippen molar-refractivity contribution in [1.82, 2.24) is 4.90 Å². The van der Waals surface area contributed by atoms with E-state index in [2.05, 4.69) is 23.5 Å². The minimum atomic E-state index is -0.0717. The zero-order chi connectivity index (χ0) is 14.1. The van der Waals surface area contributed by atoms with E-state index in [-0.39, 0.29) is 12.1 Å². The molecule has 2 aromatic rings. The summed E-state index contributed by atoms with van der Waals surface area (Å²) in [5.74, 6) is 0. The highest BCUT2D eigenvalue weighted by Gasteiger charge is 2.22. The fourth-order valence-corrected chi connectivity index (χ4v) is 2.66. The van der Waals surface area contributed by atoms with Gasteiger partial charge < -0.3 is 15.0 Å². The zero-order valence-corrected chi connectivity index (χ0v) is 11.7. The maximum atomic E-state index is 12.3. The molecule has 0 spiro atoms. The highest BCUT2D eigenvalue weighted by molar-refractivity contribution is 6.04. The Morgan fingerprint density at radius 3 is 2.80 bits per heavy atom. The van der Waals surface area contributed by atoms with Crippen molar-refractivity contribution in [3.63, 3.8) is 0 Å². The third kappa shape index (κ3) is 2.23. The first-order valence-corrected chi connectivity index (χ1v) is 6.78. The van der Waals surface area contributed by atoms with Gasteiger partial charge >= 0.3 is 6.03 Å². The average Bonchev–Trinajstić information content (AvgIpc) is 2.58. The number of hydrogen-bond donors (Lipinski definition) is 1. The van der Waals surface area contributed by atoms with Crippen molar-refractivity contribution in [2.24, 2.45) is 0 Å². The maximum absolute atomic E-state index is 12.3. The molecule has 1 unspecified atom stereocenters. The molecule has 1 atom stereocenters. The van der Waals surface area contributed by atoms with Crippen LogP contribution in [-0.4, -0.2) is 30.7 Å². The van der Waals surface area contributed by atoms with E-state index >= 15 is 0 Å². The van der Waals surface area contributed by atoms with Crippen LogP contribution in [0.15, 0.2) is 36.4 Å². The molecule has 2 amide bonds. The van der Waals surface area contributed by atoms with Gasteiger partial charge in [-0.2, -0.15) is 0 Å². The number of methoxy groups -OCH3 is 1. The lowest BCUT2D eigenvalue weighted by Gasteiger charge is -2.23. The summed E-state index contributed by atoms with van der Waals surface area (Å²) in [4.78, 5) is 14.1. The van der Waals surface area contributed by atoms with Gasteiger partial charge in [0, 0.05) is 25.6 Å². The molecule has 0 saturated heterocycles. The summed E-state index contributed by atoms with van der Waals surface area (Å²) in [5.41, 5.74) is 2.05. The topological polar surface area (TPSA) is 41.6 Å². The molecule has 0 radical (unpaired) electrons. The minimum absolute atomic E-state index is 0.0150. The summed E-state index contributed by atoms with van der Waals surface area (Å²) < 4.78 is 5.27. The molecule has 0 bridgehead atoms. The predicted octanol–water partition coefficient (Wildman–Crippen LogP) is 3.22. The number of benzene rings is 2. The Morgan fingerprint density at radius 2 is 2.05 bits per heavy atom. The van der Waals surface area contributed by atoms with Crippen molar-refractivity contribution in [3.8, 4) is 0 Å². The van der Waals surface area contributed by atoms with Gasteiger partial charge in [-0.15, -0.1) is 0 Å². The van der Waals surface area contributed by atoms with Gasteiger partial charge in [0.05, 0.1) is 11.8 Å². The fourth-order valence-electron chi connectivity index (χ4n) is 2.66. The molecule has 0 aromatic heterocycles. The molecule has 1 aliphatic rings. The van der Waals surface area contributed by atoms with E-state index in [9.17, 15) is 4.79 Å². The number of carbonyl (C=O) groups is 1. The SMILES string of the molecule is COC(C)CN1Cc2cccc3cccc(c23)NC1=O. The third-order valence-corrected chi connectivity index (χ3v) is 3.76. The summed E-state index contributed by atoms with van der Waals surface area (Å²) in [5, 5.41) is 5.29. The second kappa shape index (κ2) is 5.13.